The number of methoxy groups -OCH3 is 3. The average molecular weight is 613 g/mol. The van der Waals surface area contributed by atoms with Gasteiger partial charge < -0.3 is 28.8 Å². The van der Waals surface area contributed by atoms with E-state index in [9.17, 15) is 9.90 Å². The topological polar surface area (TPSA) is 109 Å². The Morgan fingerprint density at radius 1 is 0.844 bits per heavy atom. The molecule has 0 aliphatic rings. The fraction of sp³-hybridized carbons (Fsp3) is 0.306. The third-order valence-electron chi connectivity index (χ3n) is 7.40. The van der Waals surface area contributed by atoms with E-state index in [1.54, 1.807) is 33.7 Å². The zero-order valence-electron chi connectivity index (χ0n) is 26.4. The number of ether oxygens (including phenoxy) is 5. The molecule has 4 rings (SSSR count). The highest BCUT2D eigenvalue weighted by Gasteiger charge is 2.49. The number of carboxylic acids is 1. The SMILES string of the molecule is COc1cc(C/C=C/OC(CCCc2ccccc2)(c2ccccc2)C(Oc2nc(C)cc(C)n2)C(=O)O)cc(OC)c1OC. The first kappa shape index (κ1) is 32.9. The Labute approximate surface area is 264 Å². The Morgan fingerprint density at radius 2 is 1.44 bits per heavy atom. The minimum Gasteiger partial charge on any atom is -0.493 e. The lowest BCUT2D eigenvalue weighted by Gasteiger charge is -2.38. The standard InChI is InChI=1S/C36H40N2O7/c1-25-22-26(2)38-35(37-25)45-33(34(39)40)36(29-18-10-7-11-19-29,20-12-16-27-14-8-6-9-15-27)44-21-13-17-28-23-30(41-3)32(43-5)31(24-28)42-4/h6-11,13-15,18-19,21-24,33H,12,16-17,20H2,1-5H3,(H,39,40)/b21-13+. The van der Waals surface area contributed by atoms with Crippen LogP contribution in [0, 0.1) is 13.8 Å². The minimum absolute atomic E-state index is 0.0201. The highest BCUT2D eigenvalue weighted by molar-refractivity contribution is 5.75. The second-order valence-electron chi connectivity index (χ2n) is 10.6. The summed E-state index contributed by atoms with van der Waals surface area (Å²) in [4.78, 5) is 21.8. The third-order valence-corrected chi connectivity index (χ3v) is 7.40. The lowest BCUT2D eigenvalue weighted by atomic mass is 9.82. The number of carboxylic acid groups (broad SMARTS) is 1. The number of allylic oxidation sites excluding steroid dienone is 1. The van der Waals surface area contributed by atoms with Gasteiger partial charge in [-0.3, -0.25) is 0 Å². The summed E-state index contributed by atoms with van der Waals surface area (Å²) in [6.45, 7) is 3.62. The molecule has 0 aliphatic carbocycles. The van der Waals surface area contributed by atoms with E-state index in [2.05, 4.69) is 22.1 Å². The molecule has 2 atom stereocenters. The van der Waals surface area contributed by atoms with Gasteiger partial charge in [0.15, 0.2) is 17.1 Å². The Bertz CT molecular complexity index is 1530. The molecular weight excluding hydrogens is 572 g/mol. The van der Waals surface area contributed by atoms with Crippen molar-refractivity contribution in [3.63, 3.8) is 0 Å². The number of rotatable bonds is 16. The van der Waals surface area contributed by atoms with Gasteiger partial charge >= 0.3 is 12.0 Å². The van der Waals surface area contributed by atoms with Gasteiger partial charge in [0, 0.05) is 11.4 Å². The molecule has 2 unspecified atom stereocenters. The van der Waals surface area contributed by atoms with Crippen LogP contribution in [0.2, 0.25) is 0 Å². The maximum absolute atomic E-state index is 13.1. The highest BCUT2D eigenvalue weighted by atomic mass is 16.6. The molecule has 9 heteroatoms. The molecule has 0 spiro atoms. The molecule has 0 amide bonds. The molecule has 0 fully saturated rings. The van der Waals surface area contributed by atoms with E-state index in [-0.39, 0.29) is 6.01 Å². The predicted molar refractivity (Wildman–Crippen MR) is 171 cm³/mol. The van der Waals surface area contributed by atoms with Crippen LogP contribution in [0.5, 0.6) is 23.3 Å². The fourth-order valence-electron chi connectivity index (χ4n) is 5.34. The van der Waals surface area contributed by atoms with E-state index >= 15 is 0 Å². The molecule has 1 heterocycles. The first-order valence-electron chi connectivity index (χ1n) is 14.7. The van der Waals surface area contributed by atoms with Gasteiger partial charge in [-0.15, -0.1) is 0 Å². The molecule has 1 aromatic heterocycles. The Kier molecular flexibility index (Phi) is 11.4. The monoisotopic (exact) mass is 612 g/mol. The molecule has 3 aromatic carbocycles. The molecule has 1 N–H and O–H groups in total. The van der Waals surface area contributed by atoms with Crippen LogP contribution < -0.4 is 18.9 Å². The summed E-state index contributed by atoms with van der Waals surface area (Å²) in [7, 11) is 4.68. The van der Waals surface area contributed by atoms with Gasteiger partial charge in [-0.25, -0.2) is 14.8 Å². The first-order chi connectivity index (χ1) is 21.8. The van der Waals surface area contributed by atoms with Gasteiger partial charge in [-0.2, -0.15) is 0 Å². The second kappa shape index (κ2) is 15.6. The predicted octanol–water partition coefficient (Wildman–Crippen LogP) is 6.64. The third kappa shape index (κ3) is 8.32. The van der Waals surface area contributed by atoms with Gasteiger partial charge in [0.1, 0.15) is 0 Å². The number of nitrogens with zero attached hydrogens (tertiary/aromatic N) is 2. The smallest absolute Gasteiger partial charge is 0.349 e. The Morgan fingerprint density at radius 3 is 2.00 bits per heavy atom. The van der Waals surface area contributed by atoms with Crippen molar-refractivity contribution in [1.29, 1.82) is 0 Å². The van der Waals surface area contributed by atoms with E-state index in [0.29, 0.717) is 53.5 Å². The van der Waals surface area contributed by atoms with Crippen molar-refractivity contribution in [3.8, 4) is 23.3 Å². The summed E-state index contributed by atoms with van der Waals surface area (Å²) in [5, 5.41) is 10.7. The molecule has 0 saturated heterocycles. The van der Waals surface area contributed by atoms with E-state index in [4.69, 9.17) is 23.7 Å². The van der Waals surface area contributed by atoms with E-state index in [1.807, 2.05) is 80.6 Å². The summed E-state index contributed by atoms with van der Waals surface area (Å²) in [6, 6.07) is 24.9. The number of carbonyl (C=O) groups is 1. The lowest BCUT2D eigenvalue weighted by molar-refractivity contribution is -0.164. The van der Waals surface area contributed by atoms with Crippen LogP contribution >= 0.6 is 0 Å². The van der Waals surface area contributed by atoms with Crippen molar-refractivity contribution in [1.82, 2.24) is 9.97 Å². The quantitative estimate of drug-likeness (QED) is 0.139. The van der Waals surface area contributed by atoms with Crippen molar-refractivity contribution in [3.05, 3.63) is 119 Å². The number of aliphatic carboxylic acids is 1. The fourth-order valence-corrected chi connectivity index (χ4v) is 5.34. The number of hydrogen-bond donors (Lipinski definition) is 1. The maximum atomic E-state index is 13.1. The number of aromatic nitrogens is 2. The summed E-state index contributed by atoms with van der Waals surface area (Å²) in [6.07, 6.45) is 4.03. The van der Waals surface area contributed by atoms with Gasteiger partial charge in [-0.05, 0) is 80.5 Å². The van der Waals surface area contributed by atoms with Crippen LogP contribution in [0.25, 0.3) is 0 Å². The van der Waals surface area contributed by atoms with Crippen LogP contribution in [0.15, 0.2) is 91.2 Å². The van der Waals surface area contributed by atoms with Gasteiger partial charge in [0.05, 0.1) is 27.6 Å². The van der Waals surface area contributed by atoms with Crippen LogP contribution in [0.3, 0.4) is 0 Å². The molecule has 236 valence electrons. The Hall–Kier alpha value is -5.05. The van der Waals surface area contributed by atoms with Crippen molar-refractivity contribution >= 4 is 5.97 Å². The average Bonchev–Trinajstić information content (AvgIpc) is 3.04. The molecule has 9 nitrogen and oxygen atoms in total. The molecule has 45 heavy (non-hydrogen) atoms. The summed E-state index contributed by atoms with van der Waals surface area (Å²) < 4.78 is 29.1. The molecule has 4 aromatic rings. The first-order valence-corrected chi connectivity index (χ1v) is 14.7. The minimum atomic E-state index is -1.47. The largest absolute Gasteiger partial charge is 0.493 e. The lowest BCUT2D eigenvalue weighted by Crippen LogP contribution is -2.50. The number of hydrogen-bond acceptors (Lipinski definition) is 8. The van der Waals surface area contributed by atoms with Gasteiger partial charge in [-0.1, -0.05) is 60.7 Å². The number of benzene rings is 3. The molecular formula is C36H40N2O7. The summed E-state index contributed by atoms with van der Waals surface area (Å²) in [5.74, 6) is 0.377. The van der Waals surface area contributed by atoms with Gasteiger partial charge in [0.25, 0.3) is 0 Å². The molecule has 0 aliphatic heterocycles. The summed E-state index contributed by atoms with van der Waals surface area (Å²) >= 11 is 0. The van der Waals surface area contributed by atoms with Crippen LogP contribution in [0.4, 0.5) is 0 Å². The zero-order chi connectivity index (χ0) is 32.2. The maximum Gasteiger partial charge on any atom is 0.349 e. The van der Waals surface area contributed by atoms with E-state index in [1.165, 1.54) is 0 Å². The van der Waals surface area contributed by atoms with Crippen LogP contribution in [-0.4, -0.2) is 48.5 Å². The van der Waals surface area contributed by atoms with Crippen molar-refractivity contribution < 1.29 is 33.6 Å². The molecule has 0 saturated carbocycles. The van der Waals surface area contributed by atoms with E-state index in [0.717, 1.165) is 17.5 Å². The van der Waals surface area contributed by atoms with Gasteiger partial charge in [0.2, 0.25) is 11.9 Å². The van der Waals surface area contributed by atoms with Crippen molar-refractivity contribution in [2.75, 3.05) is 21.3 Å². The molecule has 0 bridgehead atoms. The van der Waals surface area contributed by atoms with Crippen molar-refractivity contribution in [2.24, 2.45) is 0 Å². The van der Waals surface area contributed by atoms with Crippen LogP contribution in [-0.2, 0) is 28.0 Å². The molecule has 0 radical (unpaired) electrons. The highest BCUT2D eigenvalue weighted by Crippen LogP contribution is 2.40. The zero-order valence-corrected chi connectivity index (χ0v) is 26.4. The second-order valence-corrected chi connectivity index (χ2v) is 10.6. The number of aryl methyl sites for hydroxylation is 3. The van der Waals surface area contributed by atoms with Crippen LogP contribution in [0.1, 0.15) is 40.9 Å². The normalized spacial score (nSPS) is 13.1. The summed E-state index contributed by atoms with van der Waals surface area (Å²) in [5.41, 5.74) is 2.60. The van der Waals surface area contributed by atoms with Crippen molar-refractivity contribution in [2.45, 2.75) is 51.2 Å². The Balaban J connectivity index is 1.72. The van der Waals surface area contributed by atoms with E-state index < -0.39 is 17.7 Å².